The highest BCUT2D eigenvalue weighted by molar-refractivity contribution is 7.07. The lowest BCUT2D eigenvalue weighted by molar-refractivity contribution is 0.0783. The molecule has 1 aromatic carbocycles. The van der Waals surface area contributed by atoms with Gasteiger partial charge in [-0.2, -0.15) is 11.3 Å². The zero-order valence-corrected chi connectivity index (χ0v) is 14.3. The van der Waals surface area contributed by atoms with Gasteiger partial charge in [-0.1, -0.05) is 29.8 Å². The normalized spacial score (nSPS) is 10.6. The highest BCUT2D eigenvalue weighted by Gasteiger charge is 2.17. The monoisotopic (exact) mass is 339 g/mol. The van der Waals surface area contributed by atoms with E-state index < -0.39 is 5.56 Å². The topological polar surface area (TPSA) is 66.1 Å². The van der Waals surface area contributed by atoms with E-state index in [0.717, 1.165) is 16.7 Å². The fourth-order valence-corrected chi connectivity index (χ4v) is 3.00. The molecule has 5 nitrogen and oxygen atoms in total. The van der Waals surface area contributed by atoms with Crippen LogP contribution in [0.15, 0.2) is 52.1 Å². The van der Waals surface area contributed by atoms with Crippen molar-refractivity contribution < 1.29 is 4.79 Å². The zero-order chi connectivity index (χ0) is 17.1. The predicted molar refractivity (Wildman–Crippen MR) is 95.1 cm³/mol. The number of hydrogen-bond donors (Lipinski definition) is 1. The van der Waals surface area contributed by atoms with Crippen LogP contribution < -0.4 is 5.56 Å². The molecule has 1 N–H and O–H groups in total. The smallest absolute Gasteiger partial charge is 0.264 e. The highest BCUT2D eigenvalue weighted by Crippen LogP contribution is 2.14. The molecule has 1 amide bonds. The Balaban J connectivity index is 1.83. The van der Waals surface area contributed by atoms with Gasteiger partial charge in [0.1, 0.15) is 11.4 Å². The van der Waals surface area contributed by atoms with E-state index >= 15 is 0 Å². The Hall–Kier alpha value is -2.73. The van der Waals surface area contributed by atoms with Crippen molar-refractivity contribution in [2.24, 2.45) is 0 Å². The Bertz CT molecular complexity index is 899. The fourth-order valence-electron chi connectivity index (χ4n) is 2.34. The molecule has 2 heterocycles. The molecule has 0 spiro atoms. The van der Waals surface area contributed by atoms with Gasteiger partial charge in [-0.15, -0.1) is 0 Å². The summed E-state index contributed by atoms with van der Waals surface area (Å²) < 4.78 is 0. The minimum atomic E-state index is -0.428. The van der Waals surface area contributed by atoms with Gasteiger partial charge in [0.15, 0.2) is 0 Å². The minimum absolute atomic E-state index is 0.0450. The maximum absolute atomic E-state index is 12.5. The molecule has 6 heteroatoms. The van der Waals surface area contributed by atoms with Crippen molar-refractivity contribution in [1.29, 1.82) is 0 Å². The second kappa shape index (κ2) is 6.80. The van der Waals surface area contributed by atoms with E-state index in [-0.39, 0.29) is 11.5 Å². The van der Waals surface area contributed by atoms with E-state index in [2.05, 4.69) is 9.97 Å². The summed E-state index contributed by atoms with van der Waals surface area (Å²) in [5.74, 6) is 0.113. The third-order valence-corrected chi connectivity index (χ3v) is 4.43. The average molecular weight is 339 g/mol. The largest absolute Gasteiger partial charge is 0.337 e. The van der Waals surface area contributed by atoms with Gasteiger partial charge in [0.2, 0.25) is 0 Å². The quantitative estimate of drug-likeness (QED) is 0.794. The van der Waals surface area contributed by atoms with Crippen LogP contribution in [0.25, 0.3) is 11.4 Å². The summed E-state index contributed by atoms with van der Waals surface area (Å²) in [4.78, 5) is 33.2. The maximum Gasteiger partial charge on any atom is 0.264 e. The van der Waals surface area contributed by atoms with Gasteiger partial charge in [0.05, 0.1) is 0 Å². The molecule has 0 aliphatic carbocycles. The number of aromatic amines is 1. The number of hydrogen-bond acceptors (Lipinski definition) is 4. The Labute approximate surface area is 143 Å². The Morgan fingerprint density at radius 3 is 2.62 bits per heavy atom. The zero-order valence-electron chi connectivity index (χ0n) is 13.4. The number of aryl methyl sites for hydroxylation is 1. The molecule has 0 saturated carbocycles. The predicted octanol–water partition coefficient (Wildman–Crippen LogP) is 3.08. The molecule has 0 unspecified atom stereocenters. The molecule has 24 heavy (non-hydrogen) atoms. The number of amides is 1. The number of thiophene rings is 1. The van der Waals surface area contributed by atoms with Crippen LogP contribution in [0.1, 0.15) is 21.5 Å². The van der Waals surface area contributed by atoms with Gasteiger partial charge in [-0.05, 0) is 29.3 Å². The molecule has 2 aromatic heterocycles. The third kappa shape index (κ3) is 3.44. The molecule has 3 rings (SSSR count). The molecule has 0 aliphatic rings. The van der Waals surface area contributed by atoms with Crippen molar-refractivity contribution >= 4 is 17.2 Å². The first-order valence-corrected chi connectivity index (χ1v) is 8.42. The summed E-state index contributed by atoms with van der Waals surface area (Å²) in [5, 5.41) is 3.94. The van der Waals surface area contributed by atoms with Crippen molar-refractivity contribution in [3.8, 4) is 11.4 Å². The summed E-state index contributed by atoms with van der Waals surface area (Å²) in [6.07, 6.45) is 1.35. The number of benzene rings is 1. The summed E-state index contributed by atoms with van der Waals surface area (Å²) in [6.45, 7) is 2.45. The van der Waals surface area contributed by atoms with Crippen LogP contribution in [0.4, 0.5) is 0 Å². The van der Waals surface area contributed by atoms with E-state index in [1.165, 1.54) is 11.1 Å². The summed E-state index contributed by atoms with van der Waals surface area (Å²) >= 11 is 1.57. The third-order valence-electron chi connectivity index (χ3n) is 3.70. The van der Waals surface area contributed by atoms with Gasteiger partial charge in [0.25, 0.3) is 11.5 Å². The number of rotatable bonds is 4. The van der Waals surface area contributed by atoms with Gasteiger partial charge < -0.3 is 9.88 Å². The van der Waals surface area contributed by atoms with Gasteiger partial charge in [0, 0.05) is 25.4 Å². The molecule has 0 aliphatic heterocycles. The van der Waals surface area contributed by atoms with E-state index in [9.17, 15) is 9.59 Å². The second-order valence-electron chi connectivity index (χ2n) is 5.63. The van der Waals surface area contributed by atoms with Crippen molar-refractivity contribution in [2.75, 3.05) is 7.05 Å². The van der Waals surface area contributed by atoms with Crippen LogP contribution in [0.2, 0.25) is 0 Å². The van der Waals surface area contributed by atoms with Gasteiger partial charge >= 0.3 is 0 Å². The van der Waals surface area contributed by atoms with E-state index in [1.807, 2.05) is 48.0 Å². The highest BCUT2D eigenvalue weighted by atomic mass is 32.1. The molecule has 0 bridgehead atoms. The lowest BCUT2D eigenvalue weighted by Gasteiger charge is -2.16. The molecule has 0 saturated heterocycles. The molecule has 0 atom stereocenters. The molecule has 0 radical (unpaired) electrons. The lowest BCUT2D eigenvalue weighted by atomic mass is 10.1. The molecule has 3 aromatic rings. The molecular weight excluding hydrogens is 322 g/mol. The second-order valence-corrected chi connectivity index (χ2v) is 6.41. The number of carbonyl (C=O) groups excluding carboxylic acids is 1. The Morgan fingerprint density at radius 1 is 1.25 bits per heavy atom. The lowest BCUT2D eigenvalue weighted by Crippen LogP contribution is -2.31. The average Bonchev–Trinajstić information content (AvgIpc) is 3.08. The summed E-state index contributed by atoms with van der Waals surface area (Å²) in [5.41, 5.74) is 2.59. The van der Waals surface area contributed by atoms with Crippen LogP contribution in [-0.2, 0) is 6.54 Å². The van der Waals surface area contributed by atoms with Crippen molar-refractivity contribution in [3.63, 3.8) is 0 Å². The fraction of sp³-hybridized carbons (Fsp3) is 0.167. The van der Waals surface area contributed by atoms with Crippen molar-refractivity contribution in [1.82, 2.24) is 14.9 Å². The summed E-state index contributed by atoms with van der Waals surface area (Å²) in [6, 6.07) is 9.62. The van der Waals surface area contributed by atoms with Gasteiger partial charge in [-0.25, -0.2) is 4.98 Å². The number of nitrogens with one attached hydrogen (secondary N) is 1. The first kappa shape index (κ1) is 16.1. The minimum Gasteiger partial charge on any atom is -0.337 e. The molecule has 122 valence electrons. The summed E-state index contributed by atoms with van der Waals surface area (Å²) in [7, 11) is 1.67. The van der Waals surface area contributed by atoms with E-state index in [1.54, 1.807) is 18.4 Å². The standard InChI is InChI=1S/C18H17N3O2S/c1-12-3-5-14(6-4-12)16-19-9-15(17(22)20-16)18(23)21(2)10-13-7-8-24-11-13/h3-9,11H,10H2,1-2H3,(H,19,20,22). The number of carbonyl (C=O) groups is 1. The first-order chi connectivity index (χ1) is 11.5. The maximum atomic E-state index is 12.5. The van der Waals surface area contributed by atoms with E-state index in [4.69, 9.17) is 0 Å². The van der Waals surface area contributed by atoms with Crippen LogP contribution in [0, 0.1) is 6.92 Å². The molecule has 0 fully saturated rings. The number of H-pyrrole nitrogens is 1. The Morgan fingerprint density at radius 2 is 2.00 bits per heavy atom. The Kier molecular flexibility index (Phi) is 4.57. The van der Waals surface area contributed by atoms with Crippen molar-refractivity contribution in [2.45, 2.75) is 13.5 Å². The van der Waals surface area contributed by atoms with Crippen LogP contribution in [0.5, 0.6) is 0 Å². The SMILES string of the molecule is Cc1ccc(-c2ncc(C(=O)N(C)Cc3ccsc3)c(=O)[nH]2)cc1. The van der Waals surface area contributed by atoms with Crippen LogP contribution in [-0.4, -0.2) is 27.8 Å². The first-order valence-electron chi connectivity index (χ1n) is 7.47. The van der Waals surface area contributed by atoms with Crippen LogP contribution >= 0.6 is 11.3 Å². The van der Waals surface area contributed by atoms with Crippen molar-refractivity contribution in [3.05, 3.63) is 74.3 Å². The van der Waals surface area contributed by atoms with E-state index in [0.29, 0.717) is 12.4 Å². The number of aromatic nitrogens is 2. The van der Waals surface area contributed by atoms with Gasteiger partial charge in [-0.3, -0.25) is 9.59 Å². The molecular formula is C18H17N3O2S. The van der Waals surface area contributed by atoms with Crippen LogP contribution in [0.3, 0.4) is 0 Å². The number of nitrogens with zero attached hydrogens (tertiary/aromatic N) is 2.